The minimum atomic E-state index is 0.221. The van der Waals surface area contributed by atoms with Crippen molar-refractivity contribution in [3.8, 4) is 11.1 Å². The van der Waals surface area contributed by atoms with Crippen molar-refractivity contribution in [1.82, 2.24) is 9.78 Å². The lowest BCUT2D eigenvalue weighted by Gasteiger charge is -2.12. The zero-order chi connectivity index (χ0) is 13.9. The highest BCUT2D eigenvalue weighted by atomic mass is 15.3. The fraction of sp³-hybridized carbons (Fsp3) is 0.118. The molecule has 20 heavy (non-hydrogen) atoms. The van der Waals surface area contributed by atoms with E-state index in [1.54, 1.807) is 0 Å². The Kier molecular flexibility index (Phi) is 3.25. The Labute approximate surface area is 118 Å². The molecule has 100 valence electrons. The Balaban J connectivity index is 1.89. The third-order valence-corrected chi connectivity index (χ3v) is 3.52. The molecule has 0 spiro atoms. The molecule has 1 aromatic heterocycles. The van der Waals surface area contributed by atoms with Crippen LogP contribution in [0.3, 0.4) is 0 Å². The zero-order valence-corrected chi connectivity index (χ0v) is 11.4. The number of hydrogen-bond acceptors (Lipinski definition) is 2. The Morgan fingerprint density at radius 1 is 0.950 bits per heavy atom. The molecule has 1 unspecified atom stereocenters. The van der Waals surface area contributed by atoms with Crippen molar-refractivity contribution in [2.45, 2.75) is 13.0 Å². The molecule has 1 atom stereocenters. The SMILES string of the molecule is CC(c1ccccc1)n1cc(-c2ccc(N)cc2)cn1. The van der Waals surface area contributed by atoms with Crippen LogP contribution in [-0.2, 0) is 0 Å². The number of rotatable bonds is 3. The van der Waals surface area contributed by atoms with Crippen LogP contribution in [0.15, 0.2) is 67.0 Å². The van der Waals surface area contributed by atoms with Crippen molar-refractivity contribution < 1.29 is 0 Å². The van der Waals surface area contributed by atoms with Gasteiger partial charge in [-0.2, -0.15) is 5.10 Å². The molecule has 0 saturated carbocycles. The summed E-state index contributed by atoms with van der Waals surface area (Å²) in [5, 5.41) is 4.48. The van der Waals surface area contributed by atoms with Gasteiger partial charge in [0.1, 0.15) is 0 Å². The lowest BCUT2D eigenvalue weighted by molar-refractivity contribution is 0.565. The van der Waals surface area contributed by atoms with Gasteiger partial charge in [-0.3, -0.25) is 4.68 Å². The zero-order valence-electron chi connectivity index (χ0n) is 11.4. The highest BCUT2D eigenvalue weighted by Gasteiger charge is 2.09. The average Bonchev–Trinajstić information content (AvgIpc) is 2.98. The quantitative estimate of drug-likeness (QED) is 0.731. The lowest BCUT2D eigenvalue weighted by Crippen LogP contribution is -2.06. The molecule has 0 aliphatic rings. The van der Waals surface area contributed by atoms with Crippen LogP contribution < -0.4 is 5.73 Å². The third-order valence-electron chi connectivity index (χ3n) is 3.52. The van der Waals surface area contributed by atoms with Crippen molar-refractivity contribution in [2.24, 2.45) is 0 Å². The summed E-state index contributed by atoms with van der Waals surface area (Å²) in [6.45, 7) is 2.15. The second-order valence-electron chi connectivity index (χ2n) is 4.92. The van der Waals surface area contributed by atoms with Gasteiger partial charge in [0.2, 0.25) is 0 Å². The van der Waals surface area contributed by atoms with Gasteiger partial charge in [-0.15, -0.1) is 0 Å². The monoisotopic (exact) mass is 263 g/mol. The molecule has 0 radical (unpaired) electrons. The molecule has 3 aromatic rings. The first-order valence-electron chi connectivity index (χ1n) is 6.69. The number of anilines is 1. The normalized spacial score (nSPS) is 12.2. The first-order chi connectivity index (χ1) is 9.74. The maximum absolute atomic E-state index is 5.71. The fourth-order valence-corrected chi connectivity index (χ4v) is 2.26. The van der Waals surface area contributed by atoms with E-state index in [0.29, 0.717) is 0 Å². The number of benzene rings is 2. The molecule has 3 heteroatoms. The van der Waals surface area contributed by atoms with Gasteiger partial charge in [0, 0.05) is 17.4 Å². The van der Waals surface area contributed by atoms with Gasteiger partial charge in [-0.05, 0) is 30.2 Å². The van der Waals surface area contributed by atoms with Crippen LogP contribution >= 0.6 is 0 Å². The van der Waals surface area contributed by atoms with Gasteiger partial charge < -0.3 is 5.73 Å². The molecule has 0 saturated heterocycles. The third kappa shape index (κ3) is 2.43. The van der Waals surface area contributed by atoms with Crippen LogP contribution in [0.2, 0.25) is 0 Å². The lowest BCUT2D eigenvalue weighted by atomic mass is 10.1. The molecule has 2 N–H and O–H groups in total. The largest absolute Gasteiger partial charge is 0.399 e. The molecule has 0 aliphatic heterocycles. The minimum absolute atomic E-state index is 0.221. The minimum Gasteiger partial charge on any atom is -0.399 e. The summed E-state index contributed by atoms with van der Waals surface area (Å²) in [6, 6.07) is 18.4. The molecule has 3 nitrogen and oxygen atoms in total. The van der Waals surface area contributed by atoms with Crippen molar-refractivity contribution in [3.05, 3.63) is 72.6 Å². The molecule has 0 amide bonds. The summed E-state index contributed by atoms with van der Waals surface area (Å²) in [5.74, 6) is 0. The Morgan fingerprint density at radius 3 is 2.35 bits per heavy atom. The van der Waals surface area contributed by atoms with E-state index in [1.165, 1.54) is 5.56 Å². The maximum Gasteiger partial charge on any atom is 0.0740 e. The van der Waals surface area contributed by atoms with E-state index in [0.717, 1.165) is 16.8 Å². The van der Waals surface area contributed by atoms with E-state index in [4.69, 9.17) is 5.73 Å². The van der Waals surface area contributed by atoms with Gasteiger partial charge in [0.25, 0.3) is 0 Å². The number of nitrogen functional groups attached to an aromatic ring is 1. The second-order valence-corrected chi connectivity index (χ2v) is 4.92. The average molecular weight is 263 g/mol. The summed E-state index contributed by atoms with van der Waals surface area (Å²) in [7, 11) is 0. The second kappa shape index (κ2) is 5.21. The van der Waals surface area contributed by atoms with Crippen molar-refractivity contribution in [2.75, 3.05) is 5.73 Å². The molecular formula is C17H17N3. The van der Waals surface area contributed by atoms with Crippen LogP contribution in [0.5, 0.6) is 0 Å². The first-order valence-corrected chi connectivity index (χ1v) is 6.69. The van der Waals surface area contributed by atoms with E-state index in [-0.39, 0.29) is 6.04 Å². The highest BCUT2D eigenvalue weighted by molar-refractivity contribution is 5.64. The summed E-state index contributed by atoms with van der Waals surface area (Å²) in [4.78, 5) is 0. The summed E-state index contributed by atoms with van der Waals surface area (Å²) in [5.41, 5.74) is 9.97. The molecule has 0 fully saturated rings. The van der Waals surface area contributed by atoms with E-state index < -0.39 is 0 Å². The van der Waals surface area contributed by atoms with Crippen molar-refractivity contribution >= 4 is 5.69 Å². The van der Waals surface area contributed by atoms with Gasteiger partial charge in [-0.1, -0.05) is 42.5 Å². The Hall–Kier alpha value is -2.55. The van der Waals surface area contributed by atoms with Crippen LogP contribution in [0, 0.1) is 0 Å². The molecule has 2 aromatic carbocycles. The molecule has 0 bridgehead atoms. The first kappa shape index (κ1) is 12.5. The van der Waals surface area contributed by atoms with Crippen LogP contribution in [-0.4, -0.2) is 9.78 Å². The predicted octanol–water partition coefficient (Wildman–Crippen LogP) is 3.74. The van der Waals surface area contributed by atoms with E-state index in [1.807, 2.05) is 41.2 Å². The predicted molar refractivity (Wildman–Crippen MR) is 82.3 cm³/mol. The smallest absolute Gasteiger partial charge is 0.0740 e. The summed E-state index contributed by atoms with van der Waals surface area (Å²) in [6.07, 6.45) is 3.97. The number of aromatic nitrogens is 2. The van der Waals surface area contributed by atoms with Crippen molar-refractivity contribution in [3.63, 3.8) is 0 Å². The van der Waals surface area contributed by atoms with Crippen molar-refractivity contribution in [1.29, 1.82) is 0 Å². The standard InChI is InChI=1S/C17H17N3/c1-13(14-5-3-2-4-6-14)20-12-16(11-19-20)15-7-9-17(18)10-8-15/h2-13H,18H2,1H3. The van der Waals surface area contributed by atoms with Gasteiger partial charge in [0.05, 0.1) is 12.2 Å². The molecular weight excluding hydrogens is 246 g/mol. The van der Waals surface area contributed by atoms with Crippen LogP contribution in [0.1, 0.15) is 18.5 Å². The Morgan fingerprint density at radius 2 is 1.65 bits per heavy atom. The number of nitrogens with two attached hydrogens (primary N) is 1. The number of nitrogens with zero attached hydrogens (tertiary/aromatic N) is 2. The van der Waals surface area contributed by atoms with E-state index >= 15 is 0 Å². The van der Waals surface area contributed by atoms with Crippen LogP contribution in [0.4, 0.5) is 5.69 Å². The van der Waals surface area contributed by atoms with E-state index in [2.05, 4.69) is 42.5 Å². The maximum atomic E-state index is 5.71. The molecule has 1 heterocycles. The summed E-state index contributed by atoms with van der Waals surface area (Å²) < 4.78 is 1.99. The fourth-order valence-electron chi connectivity index (χ4n) is 2.26. The highest BCUT2D eigenvalue weighted by Crippen LogP contribution is 2.23. The molecule has 3 rings (SSSR count). The summed E-state index contributed by atoms with van der Waals surface area (Å²) >= 11 is 0. The van der Waals surface area contributed by atoms with Gasteiger partial charge >= 0.3 is 0 Å². The van der Waals surface area contributed by atoms with Crippen LogP contribution in [0.25, 0.3) is 11.1 Å². The topological polar surface area (TPSA) is 43.8 Å². The van der Waals surface area contributed by atoms with Gasteiger partial charge in [0.15, 0.2) is 0 Å². The van der Waals surface area contributed by atoms with Gasteiger partial charge in [-0.25, -0.2) is 0 Å². The van der Waals surface area contributed by atoms with E-state index in [9.17, 15) is 0 Å². The Bertz CT molecular complexity index is 684. The number of hydrogen-bond donors (Lipinski definition) is 1. The molecule has 0 aliphatic carbocycles.